The van der Waals surface area contributed by atoms with Gasteiger partial charge in [0.25, 0.3) is 0 Å². The Kier molecular flexibility index (Phi) is 4.59. The summed E-state index contributed by atoms with van der Waals surface area (Å²) in [5.41, 5.74) is 3.77. The zero-order chi connectivity index (χ0) is 17.1. The van der Waals surface area contributed by atoms with Crippen LogP contribution in [-0.2, 0) is 13.6 Å². The van der Waals surface area contributed by atoms with E-state index in [-0.39, 0.29) is 0 Å². The summed E-state index contributed by atoms with van der Waals surface area (Å²) in [6, 6.07) is 13.2. The molecule has 3 aromatic rings. The Morgan fingerprint density at radius 2 is 2.00 bits per heavy atom. The van der Waals surface area contributed by atoms with Gasteiger partial charge in [-0.25, -0.2) is 4.98 Å². The molecule has 25 heavy (non-hydrogen) atoms. The van der Waals surface area contributed by atoms with E-state index < -0.39 is 0 Å². The summed E-state index contributed by atoms with van der Waals surface area (Å²) in [7, 11) is 2.07. The number of aryl methyl sites for hydroxylation is 1. The summed E-state index contributed by atoms with van der Waals surface area (Å²) >= 11 is 0. The molecule has 0 radical (unpaired) electrons. The van der Waals surface area contributed by atoms with E-state index in [9.17, 15) is 0 Å². The molecule has 0 amide bonds. The van der Waals surface area contributed by atoms with Crippen molar-refractivity contribution in [2.24, 2.45) is 7.05 Å². The first-order valence-electron chi connectivity index (χ1n) is 8.72. The van der Waals surface area contributed by atoms with Gasteiger partial charge in [0.2, 0.25) is 0 Å². The highest BCUT2D eigenvalue weighted by atomic mass is 15.3. The van der Waals surface area contributed by atoms with Crippen molar-refractivity contribution in [2.75, 3.05) is 19.6 Å². The third-order valence-corrected chi connectivity index (χ3v) is 4.84. The lowest BCUT2D eigenvalue weighted by molar-refractivity contribution is 0.145. The van der Waals surface area contributed by atoms with Gasteiger partial charge < -0.3 is 9.88 Å². The van der Waals surface area contributed by atoms with Crippen LogP contribution in [0.1, 0.15) is 17.4 Å². The van der Waals surface area contributed by atoms with Crippen LogP contribution in [0, 0.1) is 0 Å². The van der Waals surface area contributed by atoms with Gasteiger partial charge >= 0.3 is 0 Å². The second-order valence-electron chi connectivity index (χ2n) is 6.52. The van der Waals surface area contributed by atoms with Gasteiger partial charge in [-0.05, 0) is 34.9 Å². The van der Waals surface area contributed by atoms with Crippen molar-refractivity contribution in [3.05, 3.63) is 72.6 Å². The van der Waals surface area contributed by atoms with Gasteiger partial charge in [0, 0.05) is 58.0 Å². The fourth-order valence-corrected chi connectivity index (χ4v) is 3.52. The molecule has 3 heterocycles. The summed E-state index contributed by atoms with van der Waals surface area (Å²) < 4.78 is 2.12. The van der Waals surface area contributed by atoms with Crippen LogP contribution in [0.3, 0.4) is 0 Å². The molecule has 0 bridgehead atoms. The monoisotopic (exact) mass is 333 g/mol. The molecule has 0 saturated carbocycles. The molecule has 0 spiro atoms. The van der Waals surface area contributed by atoms with Crippen molar-refractivity contribution < 1.29 is 0 Å². The van der Waals surface area contributed by atoms with Crippen LogP contribution < -0.4 is 5.32 Å². The van der Waals surface area contributed by atoms with E-state index in [1.807, 2.05) is 24.8 Å². The zero-order valence-electron chi connectivity index (χ0n) is 14.5. The first-order chi connectivity index (χ1) is 12.3. The van der Waals surface area contributed by atoms with Crippen LogP contribution in [0.4, 0.5) is 0 Å². The number of nitrogens with one attached hydrogen (secondary N) is 1. The number of imidazole rings is 1. The Morgan fingerprint density at radius 3 is 2.80 bits per heavy atom. The van der Waals surface area contributed by atoms with Gasteiger partial charge in [-0.1, -0.05) is 18.2 Å². The summed E-state index contributed by atoms with van der Waals surface area (Å²) in [5, 5.41) is 3.50. The topological polar surface area (TPSA) is 46.0 Å². The quantitative estimate of drug-likeness (QED) is 0.797. The van der Waals surface area contributed by atoms with Gasteiger partial charge in [-0.3, -0.25) is 9.88 Å². The highest BCUT2D eigenvalue weighted by Crippen LogP contribution is 2.25. The van der Waals surface area contributed by atoms with Gasteiger partial charge in [0.05, 0.1) is 6.04 Å². The number of aromatic nitrogens is 3. The predicted molar refractivity (Wildman–Crippen MR) is 98.9 cm³/mol. The molecule has 1 aliphatic rings. The Morgan fingerprint density at radius 1 is 1.12 bits per heavy atom. The lowest BCUT2D eigenvalue weighted by Crippen LogP contribution is -2.46. The molecule has 2 aromatic heterocycles. The Bertz CT molecular complexity index is 827. The average molecular weight is 333 g/mol. The molecule has 1 saturated heterocycles. The molecule has 5 heteroatoms. The number of hydrogen-bond donors (Lipinski definition) is 1. The van der Waals surface area contributed by atoms with Crippen LogP contribution in [0.2, 0.25) is 0 Å². The molecular weight excluding hydrogens is 310 g/mol. The maximum absolute atomic E-state index is 4.57. The van der Waals surface area contributed by atoms with Gasteiger partial charge in [-0.15, -0.1) is 0 Å². The van der Waals surface area contributed by atoms with Crippen LogP contribution in [-0.4, -0.2) is 39.1 Å². The normalized spacial score (nSPS) is 18.4. The molecule has 4 rings (SSSR count). The summed E-state index contributed by atoms with van der Waals surface area (Å²) in [4.78, 5) is 11.2. The first kappa shape index (κ1) is 16.0. The van der Waals surface area contributed by atoms with Crippen LogP contribution in [0.25, 0.3) is 11.1 Å². The van der Waals surface area contributed by atoms with Crippen molar-refractivity contribution in [3.8, 4) is 11.1 Å². The van der Waals surface area contributed by atoms with Crippen molar-refractivity contribution in [3.63, 3.8) is 0 Å². The zero-order valence-corrected chi connectivity index (χ0v) is 14.5. The standard InChI is InChI=1S/C20H23N5/c1-24-11-10-23-20(24)19-14-22-9-12-25(19)15-16-3-2-4-18(13-16)17-5-7-21-8-6-17/h2-8,10-11,13,19,22H,9,12,14-15H2,1H3. The van der Waals surface area contributed by atoms with E-state index in [1.54, 1.807) is 0 Å². The molecule has 1 unspecified atom stereocenters. The number of benzene rings is 1. The fourth-order valence-electron chi connectivity index (χ4n) is 3.52. The first-order valence-corrected chi connectivity index (χ1v) is 8.72. The maximum Gasteiger partial charge on any atom is 0.127 e. The number of pyridine rings is 1. The van der Waals surface area contributed by atoms with Crippen molar-refractivity contribution in [1.82, 2.24) is 24.8 Å². The van der Waals surface area contributed by atoms with E-state index in [4.69, 9.17) is 0 Å². The predicted octanol–water partition coefficient (Wildman–Crippen LogP) is 2.63. The molecule has 0 aliphatic carbocycles. The number of rotatable bonds is 4. The number of hydrogen-bond acceptors (Lipinski definition) is 4. The number of nitrogens with zero attached hydrogens (tertiary/aromatic N) is 4. The van der Waals surface area contributed by atoms with E-state index in [2.05, 4.69) is 68.2 Å². The van der Waals surface area contributed by atoms with Crippen LogP contribution in [0.15, 0.2) is 61.2 Å². The third kappa shape index (κ3) is 3.48. The van der Waals surface area contributed by atoms with Crippen molar-refractivity contribution in [1.29, 1.82) is 0 Å². The molecule has 1 fully saturated rings. The average Bonchev–Trinajstić information content (AvgIpc) is 3.09. The lowest BCUT2D eigenvalue weighted by atomic mass is 10.0. The Labute approximate surface area is 148 Å². The van der Waals surface area contributed by atoms with Gasteiger partial charge in [0.1, 0.15) is 5.82 Å². The highest BCUT2D eigenvalue weighted by Gasteiger charge is 2.26. The van der Waals surface area contributed by atoms with Crippen molar-refractivity contribution in [2.45, 2.75) is 12.6 Å². The fraction of sp³-hybridized carbons (Fsp3) is 0.300. The minimum absolute atomic E-state index is 0.304. The summed E-state index contributed by atoms with van der Waals surface area (Å²) in [6.45, 7) is 3.91. The van der Waals surface area contributed by atoms with E-state index >= 15 is 0 Å². The molecule has 1 atom stereocenters. The second kappa shape index (κ2) is 7.17. The molecule has 128 valence electrons. The smallest absolute Gasteiger partial charge is 0.127 e. The van der Waals surface area contributed by atoms with Crippen molar-refractivity contribution >= 4 is 0 Å². The molecule has 5 nitrogen and oxygen atoms in total. The van der Waals surface area contributed by atoms with Gasteiger partial charge in [-0.2, -0.15) is 0 Å². The Balaban J connectivity index is 1.57. The largest absolute Gasteiger partial charge is 0.337 e. The van der Waals surface area contributed by atoms with Crippen LogP contribution in [0.5, 0.6) is 0 Å². The molecule has 1 N–H and O–H groups in total. The third-order valence-electron chi connectivity index (χ3n) is 4.84. The SMILES string of the molecule is Cn1ccnc1C1CNCCN1Cc1cccc(-c2ccncc2)c1. The van der Waals surface area contributed by atoms with E-state index in [1.165, 1.54) is 16.7 Å². The highest BCUT2D eigenvalue weighted by molar-refractivity contribution is 5.63. The summed E-state index contributed by atoms with van der Waals surface area (Å²) in [5.74, 6) is 1.12. The maximum atomic E-state index is 4.57. The van der Waals surface area contributed by atoms with Crippen LogP contribution >= 0.6 is 0 Å². The lowest BCUT2D eigenvalue weighted by Gasteiger charge is -2.35. The minimum Gasteiger partial charge on any atom is -0.337 e. The minimum atomic E-state index is 0.304. The second-order valence-corrected chi connectivity index (χ2v) is 6.52. The van der Waals surface area contributed by atoms with E-state index in [0.717, 1.165) is 32.0 Å². The van der Waals surface area contributed by atoms with Gasteiger partial charge in [0.15, 0.2) is 0 Å². The Hall–Kier alpha value is -2.50. The van der Waals surface area contributed by atoms with E-state index in [0.29, 0.717) is 6.04 Å². The summed E-state index contributed by atoms with van der Waals surface area (Å²) in [6.07, 6.45) is 7.59. The molecule has 1 aromatic carbocycles. The number of piperazine rings is 1. The molecular formula is C20H23N5. The molecule has 1 aliphatic heterocycles.